The zero-order valence-corrected chi connectivity index (χ0v) is 13.2. The Morgan fingerprint density at radius 2 is 2.10 bits per heavy atom. The number of anilines is 1. The SMILES string of the molecule is CCCc1cc(C(=O)NCC(C)N(C)C)cc(NC)n1. The van der Waals surface area contributed by atoms with Gasteiger partial charge in [0.15, 0.2) is 0 Å². The van der Waals surface area contributed by atoms with Gasteiger partial charge in [0.05, 0.1) is 0 Å². The van der Waals surface area contributed by atoms with Crippen LogP contribution < -0.4 is 10.6 Å². The monoisotopic (exact) mass is 278 g/mol. The van der Waals surface area contributed by atoms with Crippen molar-refractivity contribution in [2.75, 3.05) is 33.0 Å². The van der Waals surface area contributed by atoms with Crippen molar-refractivity contribution in [2.24, 2.45) is 0 Å². The fraction of sp³-hybridized carbons (Fsp3) is 0.600. The van der Waals surface area contributed by atoms with Gasteiger partial charge < -0.3 is 15.5 Å². The van der Waals surface area contributed by atoms with Crippen LogP contribution in [0.3, 0.4) is 0 Å². The van der Waals surface area contributed by atoms with Gasteiger partial charge in [0.25, 0.3) is 5.91 Å². The molecule has 0 aliphatic heterocycles. The molecular weight excluding hydrogens is 252 g/mol. The molecule has 0 fully saturated rings. The molecule has 2 N–H and O–H groups in total. The van der Waals surface area contributed by atoms with Crippen molar-refractivity contribution < 1.29 is 4.79 Å². The van der Waals surface area contributed by atoms with Crippen LogP contribution in [0.25, 0.3) is 0 Å². The quantitative estimate of drug-likeness (QED) is 0.798. The number of likely N-dealkylation sites (N-methyl/N-ethyl adjacent to an activating group) is 1. The summed E-state index contributed by atoms with van der Waals surface area (Å²) in [5, 5.41) is 5.97. The first-order chi connectivity index (χ1) is 9.47. The molecule has 1 atom stereocenters. The van der Waals surface area contributed by atoms with E-state index in [1.54, 1.807) is 6.07 Å². The first-order valence-corrected chi connectivity index (χ1v) is 7.11. The third kappa shape index (κ3) is 4.81. The number of hydrogen-bond donors (Lipinski definition) is 2. The largest absolute Gasteiger partial charge is 0.373 e. The molecule has 0 aliphatic carbocycles. The second-order valence-electron chi connectivity index (χ2n) is 5.26. The molecule has 5 heteroatoms. The molecule has 0 aromatic carbocycles. The summed E-state index contributed by atoms with van der Waals surface area (Å²) in [6.45, 7) is 4.81. The van der Waals surface area contributed by atoms with Crippen LogP contribution in [0.2, 0.25) is 0 Å². The van der Waals surface area contributed by atoms with Crippen molar-refractivity contribution in [2.45, 2.75) is 32.7 Å². The van der Waals surface area contributed by atoms with E-state index in [2.05, 4.69) is 34.4 Å². The van der Waals surface area contributed by atoms with Crippen LogP contribution in [-0.2, 0) is 6.42 Å². The average molecular weight is 278 g/mol. The predicted molar refractivity (Wildman–Crippen MR) is 83.3 cm³/mol. The normalized spacial score (nSPS) is 12.3. The van der Waals surface area contributed by atoms with Gasteiger partial charge in [0, 0.05) is 30.9 Å². The van der Waals surface area contributed by atoms with E-state index >= 15 is 0 Å². The van der Waals surface area contributed by atoms with Crippen LogP contribution >= 0.6 is 0 Å². The summed E-state index contributed by atoms with van der Waals surface area (Å²) in [4.78, 5) is 18.7. The Hall–Kier alpha value is -1.62. The summed E-state index contributed by atoms with van der Waals surface area (Å²) in [6.07, 6.45) is 1.89. The van der Waals surface area contributed by atoms with Crippen LogP contribution in [0.1, 0.15) is 36.3 Å². The first kappa shape index (κ1) is 16.4. The minimum atomic E-state index is -0.0463. The summed E-state index contributed by atoms with van der Waals surface area (Å²) >= 11 is 0. The highest BCUT2D eigenvalue weighted by atomic mass is 16.1. The van der Waals surface area contributed by atoms with Crippen molar-refractivity contribution in [1.29, 1.82) is 0 Å². The molecule has 0 spiro atoms. The van der Waals surface area contributed by atoms with Gasteiger partial charge in [-0.15, -0.1) is 0 Å². The summed E-state index contributed by atoms with van der Waals surface area (Å²) < 4.78 is 0. The van der Waals surface area contributed by atoms with E-state index in [1.807, 2.05) is 27.2 Å². The Kier molecular flexibility index (Phi) is 6.45. The zero-order valence-electron chi connectivity index (χ0n) is 13.2. The van der Waals surface area contributed by atoms with Gasteiger partial charge in [-0.05, 0) is 39.6 Å². The number of hydrogen-bond acceptors (Lipinski definition) is 4. The first-order valence-electron chi connectivity index (χ1n) is 7.11. The molecule has 0 bridgehead atoms. The Morgan fingerprint density at radius 1 is 1.40 bits per heavy atom. The van der Waals surface area contributed by atoms with E-state index in [0.29, 0.717) is 18.2 Å². The third-order valence-electron chi connectivity index (χ3n) is 3.34. The number of carbonyl (C=O) groups excluding carboxylic acids is 1. The van der Waals surface area contributed by atoms with E-state index in [4.69, 9.17) is 0 Å². The number of nitrogens with one attached hydrogen (secondary N) is 2. The highest BCUT2D eigenvalue weighted by Crippen LogP contribution is 2.12. The van der Waals surface area contributed by atoms with E-state index in [1.165, 1.54) is 0 Å². The number of amides is 1. The van der Waals surface area contributed by atoms with E-state index in [-0.39, 0.29) is 5.91 Å². The Balaban J connectivity index is 2.78. The standard InChI is InChI=1S/C15H26N4O/c1-6-7-13-8-12(9-14(16-3)18-13)15(20)17-10-11(2)19(4)5/h8-9,11H,6-7,10H2,1-5H3,(H,16,18)(H,17,20). The Labute approximate surface area is 121 Å². The lowest BCUT2D eigenvalue weighted by atomic mass is 10.1. The van der Waals surface area contributed by atoms with Crippen LogP contribution in [0.4, 0.5) is 5.82 Å². The minimum absolute atomic E-state index is 0.0463. The molecule has 1 amide bonds. The van der Waals surface area contributed by atoms with Crippen LogP contribution in [-0.4, -0.2) is 49.5 Å². The number of aromatic nitrogens is 1. The van der Waals surface area contributed by atoms with Gasteiger partial charge in [0.1, 0.15) is 5.82 Å². The summed E-state index contributed by atoms with van der Waals surface area (Å²) in [5.74, 6) is 0.691. The number of rotatable bonds is 7. The predicted octanol–water partition coefficient (Wildman–Crippen LogP) is 1.76. The molecule has 0 saturated heterocycles. The lowest BCUT2D eigenvalue weighted by Crippen LogP contribution is -2.38. The number of nitrogens with zero attached hydrogens (tertiary/aromatic N) is 2. The molecule has 1 unspecified atom stereocenters. The van der Waals surface area contributed by atoms with Gasteiger partial charge in [-0.2, -0.15) is 0 Å². The Bertz CT molecular complexity index is 445. The van der Waals surface area contributed by atoms with Gasteiger partial charge >= 0.3 is 0 Å². The van der Waals surface area contributed by atoms with Gasteiger partial charge in [-0.1, -0.05) is 13.3 Å². The number of pyridine rings is 1. The van der Waals surface area contributed by atoms with Crippen molar-refractivity contribution in [1.82, 2.24) is 15.2 Å². The third-order valence-corrected chi connectivity index (χ3v) is 3.34. The smallest absolute Gasteiger partial charge is 0.251 e. The summed E-state index contributed by atoms with van der Waals surface area (Å²) in [6, 6.07) is 3.97. The van der Waals surface area contributed by atoms with Crippen molar-refractivity contribution in [3.8, 4) is 0 Å². The molecule has 1 aromatic rings. The molecule has 112 valence electrons. The highest BCUT2D eigenvalue weighted by molar-refractivity contribution is 5.95. The summed E-state index contributed by atoms with van der Waals surface area (Å²) in [5.41, 5.74) is 1.61. The van der Waals surface area contributed by atoms with E-state index in [9.17, 15) is 4.79 Å². The molecular formula is C15H26N4O. The van der Waals surface area contributed by atoms with E-state index < -0.39 is 0 Å². The maximum absolute atomic E-state index is 12.2. The molecule has 5 nitrogen and oxygen atoms in total. The van der Waals surface area contributed by atoms with Crippen LogP contribution in [0, 0.1) is 0 Å². The number of carbonyl (C=O) groups is 1. The molecule has 1 rings (SSSR count). The lowest BCUT2D eigenvalue weighted by molar-refractivity contribution is 0.0943. The van der Waals surface area contributed by atoms with Crippen LogP contribution in [0.15, 0.2) is 12.1 Å². The van der Waals surface area contributed by atoms with Gasteiger partial charge in [-0.3, -0.25) is 4.79 Å². The highest BCUT2D eigenvalue weighted by Gasteiger charge is 2.11. The van der Waals surface area contributed by atoms with Gasteiger partial charge in [0.2, 0.25) is 0 Å². The van der Waals surface area contributed by atoms with Crippen molar-refractivity contribution in [3.63, 3.8) is 0 Å². The lowest BCUT2D eigenvalue weighted by Gasteiger charge is -2.20. The fourth-order valence-electron chi connectivity index (χ4n) is 1.76. The molecule has 0 radical (unpaired) electrons. The second-order valence-corrected chi connectivity index (χ2v) is 5.26. The van der Waals surface area contributed by atoms with Gasteiger partial charge in [-0.25, -0.2) is 4.98 Å². The van der Waals surface area contributed by atoms with Crippen LogP contribution in [0.5, 0.6) is 0 Å². The molecule has 1 aromatic heterocycles. The second kappa shape index (κ2) is 7.85. The van der Waals surface area contributed by atoms with E-state index in [0.717, 1.165) is 24.4 Å². The van der Waals surface area contributed by atoms with Crippen molar-refractivity contribution in [3.05, 3.63) is 23.4 Å². The average Bonchev–Trinajstić information content (AvgIpc) is 2.44. The molecule has 20 heavy (non-hydrogen) atoms. The maximum Gasteiger partial charge on any atom is 0.251 e. The molecule has 0 saturated carbocycles. The summed E-state index contributed by atoms with van der Waals surface area (Å²) in [7, 11) is 5.82. The molecule has 0 aliphatic rings. The maximum atomic E-state index is 12.2. The minimum Gasteiger partial charge on any atom is -0.373 e. The number of aryl methyl sites for hydroxylation is 1. The zero-order chi connectivity index (χ0) is 15.1. The fourth-order valence-corrected chi connectivity index (χ4v) is 1.76. The topological polar surface area (TPSA) is 57.3 Å². The Morgan fingerprint density at radius 3 is 2.65 bits per heavy atom. The van der Waals surface area contributed by atoms with Crippen molar-refractivity contribution >= 4 is 11.7 Å². The molecule has 1 heterocycles.